The number of anilines is 1. The Balaban J connectivity index is 0.000000182. The Labute approximate surface area is 466 Å². The van der Waals surface area contributed by atoms with Gasteiger partial charge in [0.25, 0.3) is 0 Å². The van der Waals surface area contributed by atoms with Crippen LogP contribution in [0.4, 0.5) is 5.69 Å². The lowest BCUT2D eigenvalue weighted by Gasteiger charge is -2.13. The second kappa shape index (κ2) is 26.4. The van der Waals surface area contributed by atoms with Crippen LogP contribution in [0.2, 0.25) is 0 Å². The molecule has 0 saturated heterocycles. The highest BCUT2D eigenvalue weighted by Gasteiger charge is 2.23. The molecule has 9 aromatic rings. The van der Waals surface area contributed by atoms with Gasteiger partial charge in [-0.15, -0.1) is 0 Å². The zero-order chi connectivity index (χ0) is 57.8. The van der Waals surface area contributed by atoms with Crippen molar-refractivity contribution >= 4 is 67.0 Å². The number of Topliss-reactive ketones (excluding diaryl/α,β-unsaturated/α-hetero) is 1. The number of ether oxygens (including phenoxy) is 2. The molecule has 0 fully saturated rings. The number of halogens is 1. The molecule has 0 atom stereocenters. The summed E-state index contributed by atoms with van der Waals surface area (Å²) < 4.78 is 11.9. The quantitative estimate of drug-likeness (QED) is 0.0248. The van der Waals surface area contributed by atoms with Crippen molar-refractivity contribution in [2.75, 3.05) is 20.0 Å². The lowest BCUT2D eigenvalue weighted by atomic mass is 9.99. The summed E-state index contributed by atoms with van der Waals surface area (Å²) in [4.78, 5) is 95.5. The molecule has 16 heteroatoms. The number of benzene rings is 3. The number of nitrogens with one attached hydrogen (secondary N) is 1. The summed E-state index contributed by atoms with van der Waals surface area (Å²) in [6, 6.07) is 33.0. The van der Waals surface area contributed by atoms with Crippen molar-refractivity contribution in [2.45, 2.75) is 75.8 Å². The van der Waals surface area contributed by atoms with E-state index in [-0.39, 0.29) is 39.1 Å². The number of rotatable bonds is 10. The van der Waals surface area contributed by atoms with Crippen molar-refractivity contribution in [3.05, 3.63) is 248 Å². The summed E-state index contributed by atoms with van der Waals surface area (Å²) in [5.74, 6) is -1.70. The summed E-state index contributed by atoms with van der Waals surface area (Å²) >= 11 is 3.39. The Kier molecular flexibility index (Phi) is 19.8. The minimum absolute atomic E-state index is 0.110. The Morgan fingerprint density at radius 3 is 1.66 bits per heavy atom. The Morgan fingerprint density at radius 2 is 1.11 bits per heavy atom. The van der Waals surface area contributed by atoms with Gasteiger partial charge in [-0.1, -0.05) is 42.5 Å². The van der Waals surface area contributed by atoms with Crippen molar-refractivity contribution in [1.82, 2.24) is 29.5 Å². The number of nitrogens with zero attached hydrogens (tertiary/aromatic N) is 5. The first-order valence-corrected chi connectivity index (χ1v) is 25.8. The number of methoxy groups -OCH3 is 2. The van der Waals surface area contributed by atoms with Crippen molar-refractivity contribution in [3.63, 3.8) is 0 Å². The average molecular weight is 1130 g/mol. The second-order valence-electron chi connectivity index (χ2n) is 18.9. The van der Waals surface area contributed by atoms with Gasteiger partial charge in [0, 0.05) is 46.2 Å². The maximum absolute atomic E-state index is 13.3. The zero-order valence-corrected chi connectivity index (χ0v) is 47.9. The molecule has 0 bridgehead atoms. The van der Waals surface area contributed by atoms with E-state index in [0.29, 0.717) is 45.3 Å². The molecule has 0 unspecified atom stereocenters. The maximum atomic E-state index is 13.3. The van der Waals surface area contributed by atoms with Crippen LogP contribution in [0.5, 0.6) is 0 Å². The number of pyridine rings is 6. The fraction of sp³-hybridized carbons (Fsp3) is 0.206. The minimum atomic E-state index is -0.708. The first-order valence-electron chi connectivity index (χ1n) is 25.0. The molecule has 6 aromatic heterocycles. The number of aromatic amines is 1. The number of carbonyl (C=O) groups excluding carboxylic acids is 4. The highest BCUT2D eigenvalue weighted by atomic mass is 79.9. The Morgan fingerprint density at radius 1 is 0.595 bits per heavy atom. The van der Waals surface area contributed by atoms with Crippen LogP contribution in [0.25, 0.3) is 22.1 Å². The fourth-order valence-electron chi connectivity index (χ4n) is 7.96. The van der Waals surface area contributed by atoms with E-state index < -0.39 is 11.8 Å². The van der Waals surface area contributed by atoms with Gasteiger partial charge in [0.15, 0.2) is 11.6 Å². The van der Waals surface area contributed by atoms with Crippen LogP contribution < -0.4 is 16.6 Å². The molecular weight excluding hydrogens is 1060 g/mol. The van der Waals surface area contributed by atoms with Gasteiger partial charge in [-0.2, -0.15) is 0 Å². The number of hydrogen-bond donors (Lipinski definition) is 2. The molecule has 0 aliphatic rings. The van der Waals surface area contributed by atoms with Crippen molar-refractivity contribution in [1.29, 1.82) is 0 Å². The monoisotopic (exact) mass is 1120 g/mol. The van der Waals surface area contributed by atoms with E-state index in [1.807, 2.05) is 153 Å². The zero-order valence-electron chi connectivity index (χ0n) is 46.3. The highest BCUT2D eigenvalue weighted by molar-refractivity contribution is 9.10. The van der Waals surface area contributed by atoms with Crippen molar-refractivity contribution in [3.8, 4) is 0 Å². The molecule has 404 valence electrons. The number of H-pyrrole nitrogens is 1. The fourth-order valence-corrected chi connectivity index (χ4v) is 8.34. The second-order valence-corrected chi connectivity index (χ2v) is 19.7. The normalized spacial score (nSPS) is 10.8. The van der Waals surface area contributed by atoms with Crippen LogP contribution in [-0.2, 0) is 20.8 Å². The number of aromatic nitrogens is 6. The molecule has 0 amide bonds. The van der Waals surface area contributed by atoms with Gasteiger partial charge >= 0.3 is 5.97 Å². The molecule has 0 aliphatic carbocycles. The number of carbonyl (C=O) groups is 4. The molecule has 3 aromatic carbocycles. The van der Waals surface area contributed by atoms with Gasteiger partial charge in [-0.25, -0.2) is 19.7 Å². The molecule has 9 rings (SSSR count). The number of nitrogens with two attached hydrogens (primary N) is 1. The SMILES string of the molecule is COC=C(C(=O)OC)C(=O)c1ccc(C)c(C)c1.Cc1ccc(N)c(C)n1.Cc1ccc2[nH]cc(C(=O)c3ccc(C)c(C)c3)c(=O)c2n1.Cc1ccc2c(n1)c(=O)c(C(=O)c1ccc(C)c(C)c1)cn2Cc1cccc(Br)n1. The van der Waals surface area contributed by atoms with Gasteiger partial charge in [0.2, 0.25) is 16.6 Å². The van der Waals surface area contributed by atoms with Crippen LogP contribution >= 0.6 is 15.9 Å². The third-order valence-corrected chi connectivity index (χ3v) is 13.4. The highest BCUT2D eigenvalue weighted by Crippen LogP contribution is 2.20. The summed E-state index contributed by atoms with van der Waals surface area (Å²) in [6.45, 7) is 19.6. The number of nitrogen functional groups attached to an aromatic ring is 1. The van der Waals surface area contributed by atoms with Crippen molar-refractivity contribution < 1.29 is 28.7 Å². The predicted molar refractivity (Wildman–Crippen MR) is 313 cm³/mol. The largest absolute Gasteiger partial charge is 0.503 e. The molecule has 0 aliphatic heterocycles. The lowest BCUT2D eigenvalue weighted by Crippen LogP contribution is -2.21. The molecule has 0 radical (unpaired) electrons. The van der Waals surface area contributed by atoms with E-state index in [2.05, 4.69) is 45.6 Å². The number of fused-ring (bicyclic) bond motifs is 2. The Hall–Kier alpha value is -9.02. The minimum Gasteiger partial charge on any atom is -0.503 e. The summed E-state index contributed by atoms with van der Waals surface area (Å²) in [7, 11) is 2.59. The molecule has 15 nitrogen and oxygen atoms in total. The standard InChI is InChI=1S/C24H20BrN3O2.C18H16N2O2.C14H16O4.C7H10N2/c1-14-7-9-17(11-15(14)2)23(29)19-13-28(12-18-5-4-6-21(25)27-18)20-10-8-16(3)26-22(20)24(19)30;1-10-4-6-13(8-11(10)2)17(21)14-9-19-15-7-5-12(3)20-16(15)18(14)22;1-9-5-6-11(7-10(9)2)13(15)12(8-17-3)14(16)18-4;1-5-3-4-7(8)6(2)9-5/h4-11,13H,12H2,1-3H3;4-9H,1-3H3,(H,19,22);5-8H,1-4H3;3-4H,8H2,1-2H3. The van der Waals surface area contributed by atoms with E-state index in [1.54, 1.807) is 36.5 Å². The third-order valence-electron chi connectivity index (χ3n) is 13.0. The van der Waals surface area contributed by atoms with Gasteiger partial charge in [0.05, 0.1) is 60.0 Å². The van der Waals surface area contributed by atoms with Gasteiger partial charge in [-0.3, -0.25) is 29.0 Å². The number of hydrogen-bond acceptors (Lipinski definition) is 13. The van der Waals surface area contributed by atoms with Crippen LogP contribution in [0.3, 0.4) is 0 Å². The summed E-state index contributed by atoms with van der Waals surface area (Å²) in [5, 5.41) is 0. The average Bonchev–Trinajstić information content (AvgIpc) is 3.44. The third kappa shape index (κ3) is 14.7. The van der Waals surface area contributed by atoms with E-state index in [9.17, 15) is 28.8 Å². The van der Waals surface area contributed by atoms with Gasteiger partial charge in [-0.05, 0) is 185 Å². The van der Waals surface area contributed by atoms with Crippen LogP contribution in [0, 0.1) is 69.2 Å². The molecule has 0 saturated carbocycles. The molecule has 3 N–H and O–H groups in total. The number of aryl methyl sites for hydroxylation is 10. The van der Waals surface area contributed by atoms with E-state index in [0.717, 1.165) is 78.4 Å². The van der Waals surface area contributed by atoms with Gasteiger partial charge in [0.1, 0.15) is 27.5 Å². The van der Waals surface area contributed by atoms with E-state index in [1.165, 1.54) is 20.4 Å². The van der Waals surface area contributed by atoms with Crippen LogP contribution in [0.15, 0.2) is 148 Å². The molecule has 79 heavy (non-hydrogen) atoms. The van der Waals surface area contributed by atoms with Crippen molar-refractivity contribution in [2.24, 2.45) is 0 Å². The van der Waals surface area contributed by atoms with Crippen LogP contribution in [0.1, 0.15) is 104 Å². The first-order chi connectivity index (χ1) is 37.5. The smallest absolute Gasteiger partial charge is 0.345 e. The number of esters is 1. The lowest BCUT2D eigenvalue weighted by molar-refractivity contribution is -0.135. The van der Waals surface area contributed by atoms with E-state index in [4.69, 9.17) is 10.5 Å². The first kappa shape index (κ1) is 59.2. The Bertz CT molecular complexity index is 3970. The molecular formula is C63H62BrN7O8. The van der Waals surface area contributed by atoms with Crippen LogP contribution in [-0.4, -0.2) is 67.0 Å². The molecule has 6 heterocycles. The summed E-state index contributed by atoms with van der Waals surface area (Å²) in [5.41, 5.74) is 19.6. The predicted octanol–water partition coefficient (Wildman–Crippen LogP) is 11.3. The maximum Gasteiger partial charge on any atom is 0.345 e. The van der Waals surface area contributed by atoms with Gasteiger partial charge < -0.3 is 24.8 Å². The summed E-state index contributed by atoms with van der Waals surface area (Å²) in [6.07, 6.45) is 4.20. The topological polar surface area (TPSA) is 219 Å². The number of ketones is 3. The van der Waals surface area contributed by atoms with E-state index >= 15 is 0 Å². The molecule has 0 spiro atoms.